The van der Waals surface area contributed by atoms with Crippen LogP contribution in [0.4, 0.5) is 9.18 Å². The van der Waals surface area contributed by atoms with Crippen molar-refractivity contribution < 1.29 is 14.3 Å². The number of carbonyl (C=O) groups excluding carboxylic acids is 1. The fourth-order valence-corrected chi connectivity index (χ4v) is 2.07. The summed E-state index contributed by atoms with van der Waals surface area (Å²) in [6.45, 7) is 6.47. The summed E-state index contributed by atoms with van der Waals surface area (Å²) in [6.07, 6.45) is 0.733. The zero-order chi connectivity index (χ0) is 16.0. The lowest BCUT2D eigenvalue weighted by atomic mass is 9.85. The molecule has 0 spiro atoms. The molecule has 1 unspecified atom stereocenters. The van der Waals surface area contributed by atoms with Crippen LogP contribution in [0.5, 0.6) is 0 Å². The summed E-state index contributed by atoms with van der Waals surface area (Å²) in [7, 11) is 1.63. The third-order valence-corrected chi connectivity index (χ3v) is 3.17. The number of nitrogens with one attached hydrogen (secondary N) is 1. The average molecular weight is 296 g/mol. The van der Waals surface area contributed by atoms with Gasteiger partial charge in [0.2, 0.25) is 0 Å². The second kappa shape index (κ2) is 7.41. The summed E-state index contributed by atoms with van der Waals surface area (Å²) in [5.41, 5.74) is 0.888. The minimum atomic E-state index is -0.294. The fraction of sp³-hybridized carbons (Fsp3) is 0.562. The SMILES string of the molecule is CN(CCO)C(=O)NC(CC(C)(C)C)c1ccc(F)cc1. The first-order chi connectivity index (χ1) is 9.73. The smallest absolute Gasteiger partial charge is 0.317 e. The van der Waals surface area contributed by atoms with Gasteiger partial charge in [-0.15, -0.1) is 0 Å². The number of aliphatic hydroxyl groups excluding tert-OH is 1. The van der Waals surface area contributed by atoms with Crippen molar-refractivity contribution in [2.75, 3.05) is 20.2 Å². The van der Waals surface area contributed by atoms with Gasteiger partial charge in [0.25, 0.3) is 0 Å². The van der Waals surface area contributed by atoms with E-state index in [2.05, 4.69) is 26.1 Å². The van der Waals surface area contributed by atoms with Gasteiger partial charge in [0.1, 0.15) is 5.82 Å². The Kier molecular flexibility index (Phi) is 6.15. The van der Waals surface area contributed by atoms with E-state index in [0.717, 1.165) is 12.0 Å². The highest BCUT2D eigenvalue weighted by Gasteiger charge is 2.23. The molecule has 0 saturated carbocycles. The highest BCUT2D eigenvalue weighted by Crippen LogP contribution is 2.29. The maximum Gasteiger partial charge on any atom is 0.317 e. The van der Waals surface area contributed by atoms with Gasteiger partial charge in [0.15, 0.2) is 0 Å². The number of hydrogen-bond acceptors (Lipinski definition) is 2. The molecule has 1 atom stereocenters. The van der Waals surface area contributed by atoms with E-state index in [-0.39, 0.29) is 36.5 Å². The van der Waals surface area contributed by atoms with Crippen LogP contribution in [0.2, 0.25) is 0 Å². The molecule has 0 aliphatic carbocycles. The van der Waals surface area contributed by atoms with Crippen molar-refractivity contribution in [3.05, 3.63) is 35.6 Å². The number of likely N-dealkylation sites (N-methyl/N-ethyl adjacent to an activating group) is 1. The maximum absolute atomic E-state index is 13.1. The Labute approximate surface area is 126 Å². The quantitative estimate of drug-likeness (QED) is 0.877. The lowest BCUT2D eigenvalue weighted by Gasteiger charge is -2.29. The van der Waals surface area contributed by atoms with E-state index in [9.17, 15) is 9.18 Å². The highest BCUT2D eigenvalue weighted by molar-refractivity contribution is 5.74. The van der Waals surface area contributed by atoms with Crippen LogP contribution in [0.15, 0.2) is 24.3 Å². The predicted molar refractivity (Wildman–Crippen MR) is 81.5 cm³/mol. The first-order valence-corrected chi connectivity index (χ1v) is 7.11. The molecule has 118 valence electrons. The minimum Gasteiger partial charge on any atom is -0.395 e. The molecular weight excluding hydrogens is 271 g/mol. The molecule has 2 amide bonds. The van der Waals surface area contributed by atoms with E-state index in [1.54, 1.807) is 19.2 Å². The normalized spacial score (nSPS) is 12.9. The standard InChI is InChI=1S/C16H25FN2O2/c1-16(2,3)11-14(12-5-7-13(17)8-6-12)18-15(21)19(4)9-10-20/h5-8,14,20H,9-11H2,1-4H3,(H,18,21). The van der Waals surface area contributed by atoms with Crippen molar-refractivity contribution in [3.8, 4) is 0 Å². The predicted octanol–water partition coefficient (Wildman–Crippen LogP) is 2.94. The van der Waals surface area contributed by atoms with Crippen LogP contribution in [-0.2, 0) is 0 Å². The van der Waals surface area contributed by atoms with E-state index >= 15 is 0 Å². The van der Waals surface area contributed by atoms with Gasteiger partial charge < -0.3 is 15.3 Å². The molecule has 0 aliphatic heterocycles. The van der Waals surface area contributed by atoms with Crippen molar-refractivity contribution in [2.45, 2.75) is 33.2 Å². The molecule has 1 rings (SSSR count). The van der Waals surface area contributed by atoms with Crippen molar-refractivity contribution in [1.82, 2.24) is 10.2 Å². The molecule has 2 N–H and O–H groups in total. The monoisotopic (exact) mass is 296 g/mol. The Morgan fingerprint density at radius 1 is 1.33 bits per heavy atom. The highest BCUT2D eigenvalue weighted by atomic mass is 19.1. The van der Waals surface area contributed by atoms with E-state index in [0.29, 0.717) is 0 Å². The number of halogens is 1. The molecule has 0 saturated heterocycles. The van der Waals surface area contributed by atoms with Crippen LogP contribution in [-0.4, -0.2) is 36.2 Å². The fourth-order valence-electron chi connectivity index (χ4n) is 2.07. The molecule has 0 aliphatic rings. The number of nitrogens with zero attached hydrogens (tertiary/aromatic N) is 1. The Bertz CT molecular complexity index is 454. The first-order valence-electron chi connectivity index (χ1n) is 7.11. The van der Waals surface area contributed by atoms with Crippen molar-refractivity contribution in [2.24, 2.45) is 5.41 Å². The summed E-state index contributed by atoms with van der Waals surface area (Å²) >= 11 is 0. The molecule has 0 heterocycles. The molecule has 0 aromatic heterocycles. The molecule has 21 heavy (non-hydrogen) atoms. The van der Waals surface area contributed by atoms with Gasteiger partial charge in [0, 0.05) is 13.6 Å². The number of benzene rings is 1. The van der Waals surface area contributed by atoms with E-state index in [1.165, 1.54) is 17.0 Å². The van der Waals surface area contributed by atoms with E-state index in [4.69, 9.17) is 5.11 Å². The summed E-state index contributed by atoms with van der Waals surface area (Å²) < 4.78 is 13.1. The van der Waals surface area contributed by atoms with Gasteiger partial charge in [-0.2, -0.15) is 0 Å². The average Bonchev–Trinajstić information content (AvgIpc) is 2.37. The first kappa shape index (κ1) is 17.4. The van der Waals surface area contributed by atoms with Gasteiger partial charge in [-0.05, 0) is 29.5 Å². The van der Waals surface area contributed by atoms with Crippen LogP contribution >= 0.6 is 0 Å². The third kappa shape index (κ3) is 6.12. The molecule has 0 bridgehead atoms. The molecule has 1 aromatic carbocycles. The van der Waals surface area contributed by atoms with Crippen molar-refractivity contribution in [3.63, 3.8) is 0 Å². The Morgan fingerprint density at radius 2 is 1.90 bits per heavy atom. The summed E-state index contributed by atoms with van der Waals surface area (Å²) in [5, 5.41) is 11.8. The largest absolute Gasteiger partial charge is 0.395 e. The van der Waals surface area contributed by atoms with Crippen molar-refractivity contribution >= 4 is 6.03 Å². The lowest BCUT2D eigenvalue weighted by molar-refractivity contribution is 0.183. The summed E-state index contributed by atoms with van der Waals surface area (Å²) in [4.78, 5) is 13.5. The number of urea groups is 1. The number of amides is 2. The Balaban J connectivity index is 2.87. The summed E-state index contributed by atoms with van der Waals surface area (Å²) in [5.74, 6) is -0.294. The number of carbonyl (C=O) groups is 1. The van der Waals surface area contributed by atoms with Crippen LogP contribution in [0.3, 0.4) is 0 Å². The zero-order valence-corrected chi connectivity index (χ0v) is 13.2. The Hall–Kier alpha value is -1.62. The van der Waals surface area contributed by atoms with Crippen molar-refractivity contribution in [1.29, 1.82) is 0 Å². The van der Waals surface area contributed by atoms with Crippen LogP contribution in [0.25, 0.3) is 0 Å². The number of hydrogen-bond donors (Lipinski definition) is 2. The molecule has 0 radical (unpaired) electrons. The minimum absolute atomic E-state index is 0.0158. The topological polar surface area (TPSA) is 52.6 Å². The number of rotatable bonds is 5. The second-order valence-electron chi connectivity index (χ2n) is 6.46. The lowest BCUT2D eigenvalue weighted by Crippen LogP contribution is -2.41. The second-order valence-corrected chi connectivity index (χ2v) is 6.46. The van der Waals surface area contributed by atoms with Gasteiger partial charge >= 0.3 is 6.03 Å². The zero-order valence-electron chi connectivity index (χ0n) is 13.2. The van der Waals surface area contributed by atoms with Crippen LogP contribution in [0.1, 0.15) is 38.8 Å². The van der Waals surface area contributed by atoms with Gasteiger partial charge in [-0.1, -0.05) is 32.9 Å². The molecule has 1 aromatic rings. The Morgan fingerprint density at radius 3 is 2.38 bits per heavy atom. The van der Waals surface area contributed by atoms with Gasteiger partial charge in [-0.3, -0.25) is 0 Å². The molecule has 0 fully saturated rings. The van der Waals surface area contributed by atoms with Crippen LogP contribution < -0.4 is 5.32 Å². The maximum atomic E-state index is 13.1. The third-order valence-electron chi connectivity index (χ3n) is 3.17. The summed E-state index contributed by atoms with van der Waals surface area (Å²) in [6, 6.07) is 5.74. The molecular formula is C16H25FN2O2. The number of aliphatic hydroxyl groups is 1. The molecule has 5 heteroatoms. The van der Waals surface area contributed by atoms with Crippen LogP contribution in [0, 0.1) is 11.2 Å². The van der Waals surface area contributed by atoms with E-state index in [1.807, 2.05) is 0 Å². The molecule has 4 nitrogen and oxygen atoms in total. The van der Waals surface area contributed by atoms with Gasteiger partial charge in [0.05, 0.1) is 12.6 Å². The van der Waals surface area contributed by atoms with Gasteiger partial charge in [-0.25, -0.2) is 9.18 Å². The van der Waals surface area contributed by atoms with E-state index < -0.39 is 0 Å².